The van der Waals surface area contributed by atoms with Gasteiger partial charge in [-0.15, -0.1) is 0 Å². The maximum Gasteiger partial charge on any atom is 0.414 e. The van der Waals surface area contributed by atoms with Crippen LogP contribution in [0.5, 0.6) is 0 Å². The molecule has 0 bridgehead atoms. The minimum atomic E-state index is -0.763. The van der Waals surface area contributed by atoms with Gasteiger partial charge in [0.2, 0.25) is 5.96 Å². The van der Waals surface area contributed by atoms with E-state index < -0.39 is 23.4 Å². The molecule has 3 fully saturated rings. The Bertz CT molecular complexity index is 4850. The Morgan fingerprint density at radius 2 is 0.605 bits per heavy atom. The number of nitrogens with zero attached hydrogens (tertiary/aromatic N) is 8. The van der Waals surface area contributed by atoms with Crippen LogP contribution in [0, 0.1) is 0 Å². The van der Waals surface area contributed by atoms with Crippen molar-refractivity contribution < 1.29 is 39.9 Å². The van der Waals surface area contributed by atoms with Crippen LogP contribution in [0.25, 0.3) is 33.4 Å². The summed E-state index contributed by atoms with van der Waals surface area (Å²) in [5.41, 5.74) is 38.4. The summed E-state index contributed by atoms with van der Waals surface area (Å²) in [4.78, 5) is 49.0. The Kier molecular flexibility index (Phi) is 38.0. The minimum Gasteiger partial charge on any atom is -0.870 e. The molecule has 0 aromatic heterocycles. The Morgan fingerprint density at radius 3 is 0.839 bits per heavy atom. The highest BCUT2D eigenvalue weighted by molar-refractivity contribution is 6.04. The number of anilines is 4. The third kappa shape index (κ3) is 29.4. The fourth-order valence-electron chi connectivity index (χ4n) is 15.7. The quantitative estimate of drug-likeness (QED) is 0.0108. The molecule has 0 atom stereocenters. The average molecular weight is 1680 g/mol. The van der Waals surface area contributed by atoms with Crippen molar-refractivity contribution in [2.24, 2.45) is 21.5 Å². The van der Waals surface area contributed by atoms with E-state index in [1.807, 2.05) is 78.9 Å². The standard InChI is InChI=1S/C41H55N5O5.C31H39N5O.C30H37N3O.CH4.H2O/c1-29(2)45-24-26-46(27-25-45)34-22-18-32(19-23-34)36(35(15-12-28-47)30-13-10-9-11-14-30)31-16-20-33(21-17-31)42-37(43-38(48)50-40(3,4)5)44-39(49)51-41(6,7)8;1-23(2)35-18-20-36(21-19-35)28-16-12-26(13-17-28)30(25-10-14-27(15-11-25)34-31(32)33)29(9-6-22-37)24-7-4-3-5-8-24;1-23(2)32-18-20-33(21-19-32)28-16-12-26(13-17-28)30(25-10-14-27(31)15-11-25)29(9-6-22-34)24-7-4-3-5-8-24;;/h9-11,13-14,16-23,29,47H,12,15,24-28H2,1-8H3,(H2,42,43,44,48,49);3-5,7-8,10-17,23,37H,6,9,18-22H2,1-2H3,(H4,32,33,34);3-5,7-8,10-17,23,34H,6,9,18-22,31H2,1-2H3;1H4;1H2/p-1/b36-35-;2*30-29-;;. The molecule has 21 nitrogen and oxygen atoms in total. The van der Waals surface area contributed by atoms with Gasteiger partial charge in [-0.25, -0.2) is 19.6 Å². The van der Waals surface area contributed by atoms with Crippen LogP contribution < -0.4 is 42.5 Å². The summed E-state index contributed by atoms with van der Waals surface area (Å²) in [6.07, 6.45) is 2.76. The molecule has 0 spiro atoms. The fourth-order valence-corrected chi connectivity index (χ4v) is 15.7. The van der Waals surface area contributed by atoms with Gasteiger partial charge >= 0.3 is 12.2 Å². The molecule has 0 aliphatic carbocycles. The zero-order valence-corrected chi connectivity index (χ0v) is 74.3. The summed E-state index contributed by atoms with van der Waals surface area (Å²) in [6, 6.07) is 83.4. The number of nitrogen functional groups attached to an aromatic ring is 1. The molecule has 662 valence electrons. The van der Waals surface area contributed by atoms with Crippen molar-refractivity contribution in [3.63, 3.8) is 0 Å². The molecule has 2 amide bonds. The van der Waals surface area contributed by atoms with E-state index in [1.54, 1.807) is 41.5 Å². The number of nitrogens with two attached hydrogens (primary N) is 3. The number of aliphatic hydroxyl groups excluding tert-OH is 3. The fraction of sp³-hybridized carbons (Fsp3) is 0.379. The van der Waals surface area contributed by atoms with E-state index in [-0.39, 0.29) is 44.6 Å². The molecule has 3 heterocycles. The van der Waals surface area contributed by atoms with E-state index in [1.165, 1.54) is 44.9 Å². The minimum absolute atomic E-state index is 0. The number of piperazine rings is 3. The lowest BCUT2D eigenvalue weighted by Gasteiger charge is -2.38. The molecule has 12 N–H and O–H groups in total. The molecular weight excluding hydrogens is 1550 g/mol. The summed E-state index contributed by atoms with van der Waals surface area (Å²) in [7, 11) is 0. The number of carbonyl (C=O) groups is 2. The van der Waals surface area contributed by atoms with E-state index in [2.05, 4.69) is 249 Å². The maximum atomic E-state index is 12.7. The molecule has 124 heavy (non-hydrogen) atoms. The second kappa shape index (κ2) is 48.0. The number of aliphatic hydroxyl groups is 3. The van der Waals surface area contributed by atoms with Crippen LogP contribution in [0.1, 0.15) is 179 Å². The molecule has 0 radical (unpaired) electrons. The number of hydrogen-bond acceptors (Lipinski definition) is 17. The molecule has 9 aromatic rings. The van der Waals surface area contributed by atoms with Crippen LogP contribution >= 0.6 is 0 Å². The summed E-state index contributed by atoms with van der Waals surface area (Å²) >= 11 is 0. The second-order valence-electron chi connectivity index (χ2n) is 34.1. The summed E-state index contributed by atoms with van der Waals surface area (Å²) < 4.78 is 10.8. The number of guanidine groups is 2. The zero-order chi connectivity index (χ0) is 87.3. The number of ether oxygens (including phenoxy) is 2. The van der Waals surface area contributed by atoms with Crippen LogP contribution in [-0.4, -0.2) is 187 Å². The predicted octanol–water partition coefficient (Wildman–Crippen LogP) is 18.8. The molecule has 3 aliphatic rings. The van der Waals surface area contributed by atoms with Gasteiger partial charge in [-0.2, -0.15) is 0 Å². The number of hydrogen-bond donors (Lipinski definition) is 8. The largest absolute Gasteiger partial charge is 0.870 e. The van der Waals surface area contributed by atoms with Gasteiger partial charge in [0, 0.05) is 139 Å². The number of alkyl carbamates (subject to hydrolysis) is 2. The summed E-state index contributed by atoms with van der Waals surface area (Å²) in [6.45, 7) is 37.1. The van der Waals surface area contributed by atoms with Crippen LogP contribution in [0.3, 0.4) is 0 Å². The molecule has 12 rings (SSSR count). The Balaban J connectivity index is 0.000000234. The van der Waals surface area contributed by atoms with Crippen molar-refractivity contribution in [2.45, 2.75) is 158 Å². The monoisotopic (exact) mass is 1680 g/mol. The lowest BCUT2D eigenvalue weighted by atomic mass is 9.87. The highest BCUT2D eigenvalue weighted by Gasteiger charge is 2.27. The Morgan fingerprint density at radius 1 is 0.363 bits per heavy atom. The number of benzene rings is 9. The number of carbonyl (C=O) groups excluding carboxylic acids is 2. The third-order valence-corrected chi connectivity index (χ3v) is 22.0. The van der Waals surface area contributed by atoms with Gasteiger partial charge in [-0.05, 0) is 278 Å². The zero-order valence-electron chi connectivity index (χ0n) is 74.3. The predicted molar refractivity (Wildman–Crippen MR) is 516 cm³/mol. The molecule has 0 unspecified atom stereocenters. The highest BCUT2D eigenvalue weighted by Crippen LogP contribution is 2.41. The SMILES string of the molecule is C.CC(C)N1CCN(c2ccc(/C(=C(/CCCO)c3ccccc3)c3ccc(N)cc3)cc2)CC1.CC(C)N1CCN(c2ccc(/C(=C(/CCCO)c3ccccc3)c3ccc(N=C(N)N)cc3)cc2)CC1.CC(C)N1CCN(c2ccc(/C(=C(/CCCO)c3ccccc3)c3ccc(N=C(NC(=O)OC(C)(C)C)NC(=O)OC(C)(C)C)cc3)cc2)CC1.[OH-]. The Hall–Kier alpha value is -11.4. The molecule has 3 saturated heterocycles. The number of allylic oxidation sites excluding steroid dienone is 3. The van der Waals surface area contributed by atoms with Gasteiger partial charge in [0.05, 0.1) is 11.4 Å². The van der Waals surface area contributed by atoms with E-state index >= 15 is 0 Å². The first-order chi connectivity index (χ1) is 58.6. The summed E-state index contributed by atoms with van der Waals surface area (Å²) in [5, 5.41) is 34.2. The average Bonchev–Trinajstić information content (AvgIpc) is 0.801. The van der Waals surface area contributed by atoms with Gasteiger partial charge in [-0.3, -0.25) is 25.3 Å². The van der Waals surface area contributed by atoms with Crippen LogP contribution in [0.4, 0.5) is 43.7 Å². The lowest BCUT2D eigenvalue weighted by Crippen LogP contribution is -2.48. The highest BCUT2D eigenvalue weighted by atomic mass is 16.6. The topological polar surface area (TPSA) is 290 Å². The Labute approximate surface area is 738 Å². The van der Waals surface area contributed by atoms with E-state index in [0.29, 0.717) is 43.1 Å². The molecule has 21 heteroatoms. The van der Waals surface area contributed by atoms with Crippen LogP contribution in [0.15, 0.2) is 247 Å². The summed E-state index contributed by atoms with van der Waals surface area (Å²) in [5.74, 6) is -0.0824. The van der Waals surface area contributed by atoms with Crippen LogP contribution in [0.2, 0.25) is 0 Å². The van der Waals surface area contributed by atoms with E-state index in [4.69, 9.17) is 26.7 Å². The van der Waals surface area contributed by atoms with Crippen molar-refractivity contribution in [1.82, 2.24) is 25.3 Å². The number of aliphatic imine (C=N–C) groups is 2. The van der Waals surface area contributed by atoms with Gasteiger partial charge in [-0.1, -0.05) is 171 Å². The lowest BCUT2D eigenvalue weighted by molar-refractivity contribution is 0.0545. The first kappa shape index (κ1) is 98.0. The molecular formula is C103H136N13O8-. The van der Waals surface area contributed by atoms with Crippen molar-refractivity contribution in [2.75, 3.05) is 119 Å². The normalized spacial score (nSPS) is 14.6. The molecule has 9 aromatic carbocycles. The van der Waals surface area contributed by atoms with Crippen LogP contribution in [-0.2, 0) is 9.47 Å². The van der Waals surface area contributed by atoms with Crippen molar-refractivity contribution in [3.8, 4) is 0 Å². The van der Waals surface area contributed by atoms with Gasteiger partial charge in [0.1, 0.15) is 11.2 Å². The van der Waals surface area contributed by atoms with E-state index in [0.717, 1.165) is 165 Å². The molecule has 3 aliphatic heterocycles. The number of rotatable bonds is 26. The molecule has 0 saturated carbocycles. The third-order valence-electron chi connectivity index (χ3n) is 22.0. The first-order valence-electron chi connectivity index (χ1n) is 43.4. The van der Waals surface area contributed by atoms with E-state index in [9.17, 15) is 24.9 Å². The number of nitrogens with one attached hydrogen (secondary N) is 2. The maximum absolute atomic E-state index is 12.7. The van der Waals surface area contributed by atoms with Gasteiger partial charge < -0.3 is 62.2 Å². The van der Waals surface area contributed by atoms with Crippen molar-refractivity contribution >= 4 is 91.7 Å². The van der Waals surface area contributed by atoms with Gasteiger partial charge in [0.15, 0.2) is 5.96 Å². The number of amides is 2. The smallest absolute Gasteiger partial charge is 0.414 e. The second-order valence-corrected chi connectivity index (χ2v) is 34.1. The van der Waals surface area contributed by atoms with Crippen molar-refractivity contribution in [1.29, 1.82) is 0 Å². The van der Waals surface area contributed by atoms with Gasteiger partial charge in [0.25, 0.3) is 0 Å². The van der Waals surface area contributed by atoms with Crippen molar-refractivity contribution in [3.05, 3.63) is 287 Å². The first-order valence-corrected chi connectivity index (χ1v) is 43.4.